The maximum atomic E-state index is 10.2. The van der Waals surface area contributed by atoms with Gasteiger partial charge in [0.2, 0.25) is 0 Å². The summed E-state index contributed by atoms with van der Waals surface area (Å²) in [5.41, 5.74) is 0.848. The van der Waals surface area contributed by atoms with Crippen LogP contribution >= 0.6 is 0 Å². The average molecular weight is 245 g/mol. The lowest BCUT2D eigenvalue weighted by Crippen LogP contribution is -2.26. The molecular formula is C15H19NO2. The van der Waals surface area contributed by atoms with Crippen LogP contribution in [-0.4, -0.2) is 29.6 Å². The van der Waals surface area contributed by atoms with Crippen molar-refractivity contribution in [2.75, 3.05) is 19.6 Å². The zero-order valence-electron chi connectivity index (χ0n) is 10.7. The van der Waals surface area contributed by atoms with E-state index in [1.807, 2.05) is 30.3 Å². The highest BCUT2D eigenvalue weighted by atomic mass is 16.4. The third-order valence-electron chi connectivity index (χ3n) is 3.71. The van der Waals surface area contributed by atoms with E-state index in [9.17, 15) is 5.11 Å². The van der Waals surface area contributed by atoms with Gasteiger partial charge < -0.3 is 14.4 Å². The molecule has 2 unspecified atom stereocenters. The van der Waals surface area contributed by atoms with Crippen LogP contribution in [0.5, 0.6) is 0 Å². The summed E-state index contributed by atoms with van der Waals surface area (Å²) < 4.78 is 5.69. The molecule has 2 heterocycles. The van der Waals surface area contributed by atoms with E-state index in [0.717, 1.165) is 30.0 Å². The van der Waals surface area contributed by atoms with Crippen molar-refractivity contribution in [2.24, 2.45) is 5.92 Å². The standard InChI is InChI=1S/C15H19NO2/c1-11-6-7-16(9-11)10-13(17)15-8-12-4-2-3-5-14(12)18-15/h2-5,8,11,13,17H,6-7,9-10H2,1H3. The Morgan fingerprint density at radius 2 is 2.28 bits per heavy atom. The van der Waals surface area contributed by atoms with Crippen molar-refractivity contribution in [1.82, 2.24) is 4.90 Å². The second-order valence-corrected chi connectivity index (χ2v) is 5.36. The van der Waals surface area contributed by atoms with Gasteiger partial charge in [0.25, 0.3) is 0 Å². The lowest BCUT2D eigenvalue weighted by Gasteiger charge is -2.18. The van der Waals surface area contributed by atoms with Crippen molar-refractivity contribution in [3.8, 4) is 0 Å². The summed E-state index contributed by atoms with van der Waals surface area (Å²) in [5, 5.41) is 11.3. The first-order chi connectivity index (χ1) is 8.72. The monoisotopic (exact) mass is 245 g/mol. The Bertz CT molecular complexity index is 501. The van der Waals surface area contributed by atoms with E-state index in [-0.39, 0.29) is 0 Å². The molecule has 1 aromatic heterocycles. The lowest BCUT2D eigenvalue weighted by molar-refractivity contribution is 0.106. The summed E-state index contributed by atoms with van der Waals surface area (Å²) in [5.74, 6) is 1.42. The fraction of sp³-hybridized carbons (Fsp3) is 0.467. The number of furan rings is 1. The molecule has 0 radical (unpaired) electrons. The summed E-state index contributed by atoms with van der Waals surface area (Å²) in [7, 11) is 0. The molecule has 96 valence electrons. The van der Waals surface area contributed by atoms with E-state index in [1.54, 1.807) is 0 Å². The van der Waals surface area contributed by atoms with Crippen LogP contribution in [0.15, 0.2) is 34.7 Å². The molecule has 1 N–H and O–H groups in total. The minimum Gasteiger partial charge on any atom is -0.458 e. The summed E-state index contributed by atoms with van der Waals surface area (Å²) in [4.78, 5) is 2.31. The van der Waals surface area contributed by atoms with Gasteiger partial charge in [-0.25, -0.2) is 0 Å². The second-order valence-electron chi connectivity index (χ2n) is 5.36. The Balaban J connectivity index is 1.73. The number of nitrogens with zero attached hydrogens (tertiary/aromatic N) is 1. The molecule has 0 saturated carbocycles. The summed E-state index contributed by atoms with van der Waals surface area (Å²) in [6, 6.07) is 9.82. The molecule has 1 aliphatic heterocycles. The molecule has 2 aromatic rings. The molecule has 1 fully saturated rings. The van der Waals surface area contributed by atoms with Gasteiger partial charge in [-0.2, -0.15) is 0 Å². The van der Waals surface area contributed by atoms with Crippen LogP contribution in [0.3, 0.4) is 0 Å². The van der Waals surface area contributed by atoms with E-state index in [1.165, 1.54) is 6.42 Å². The van der Waals surface area contributed by atoms with Crippen LogP contribution in [0.25, 0.3) is 11.0 Å². The van der Waals surface area contributed by atoms with E-state index >= 15 is 0 Å². The Kier molecular flexibility index (Phi) is 3.10. The van der Waals surface area contributed by atoms with E-state index < -0.39 is 6.10 Å². The number of fused-ring (bicyclic) bond motifs is 1. The van der Waals surface area contributed by atoms with Gasteiger partial charge in [0.1, 0.15) is 17.4 Å². The second kappa shape index (κ2) is 4.75. The normalized spacial score (nSPS) is 22.7. The Hall–Kier alpha value is -1.32. The van der Waals surface area contributed by atoms with Gasteiger partial charge in [0.15, 0.2) is 0 Å². The van der Waals surface area contributed by atoms with Gasteiger partial charge in [-0.05, 0) is 31.0 Å². The van der Waals surface area contributed by atoms with E-state index in [4.69, 9.17) is 4.42 Å². The topological polar surface area (TPSA) is 36.6 Å². The maximum Gasteiger partial charge on any atom is 0.135 e. The Labute approximate surface area is 107 Å². The SMILES string of the molecule is CC1CCN(CC(O)c2cc3ccccc3o2)C1. The van der Waals surface area contributed by atoms with Gasteiger partial charge in [-0.1, -0.05) is 25.1 Å². The lowest BCUT2D eigenvalue weighted by atomic mass is 10.2. The number of aliphatic hydroxyl groups excluding tert-OH is 1. The zero-order valence-corrected chi connectivity index (χ0v) is 10.7. The molecule has 2 atom stereocenters. The number of likely N-dealkylation sites (tertiary alicyclic amines) is 1. The van der Waals surface area contributed by atoms with Gasteiger partial charge in [0.05, 0.1) is 0 Å². The highest BCUT2D eigenvalue weighted by Gasteiger charge is 2.23. The molecule has 0 bridgehead atoms. The Morgan fingerprint density at radius 3 is 3.00 bits per heavy atom. The zero-order chi connectivity index (χ0) is 12.5. The number of hydrogen-bond donors (Lipinski definition) is 1. The molecule has 1 saturated heterocycles. The summed E-state index contributed by atoms with van der Waals surface area (Å²) >= 11 is 0. The number of benzene rings is 1. The summed E-state index contributed by atoms with van der Waals surface area (Å²) in [6.07, 6.45) is 0.704. The van der Waals surface area contributed by atoms with Crippen molar-refractivity contribution >= 4 is 11.0 Å². The van der Waals surface area contributed by atoms with Crippen molar-refractivity contribution in [3.05, 3.63) is 36.1 Å². The molecular weight excluding hydrogens is 226 g/mol. The average Bonchev–Trinajstić information content (AvgIpc) is 2.95. The maximum absolute atomic E-state index is 10.2. The molecule has 3 heteroatoms. The van der Waals surface area contributed by atoms with Gasteiger partial charge in [0, 0.05) is 18.5 Å². The number of aliphatic hydroxyl groups is 1. The molecule has 1 aromatic carbocycles. The molecule has 1 aliphatic rings. The van der Waals surface area contributed by atoms with E-state index in [0.29, 0.717) is 12.3 Å². The minimum atomic E-state index is -0.525. The first-order valence-electron chi connectivity index (χ1n) is 6.61. The number of β-amino-alcohol motifs (C(OH)–C–C–N with tert-alkyl or cyclic N) is 1. The molecule has 0 amide bonds. The fourth-order valence-corrected chi connectivity index (χ4v) is 2.69. The van der Waals surface area contributed by atoms with E-state index in [2.05, 4.69) is 11.8 Å². The molecule has 3 rings (SSSR count). The number of hydrogen-bond acceptors (Lipinski definition) is 3. The first kappa shape index (κ1) is 11.8. The Morgan fingerprint density at radius 1 is 1.44 bits per heavy atom. The van der Waals surface area contributed by atoms with Crippen molar-refractivity contribution in [3.63, 3.8) is 0 Å². The van der Waals surface area contributed by atoms with Gasteiger partial charge in [-0.3, -0.25) is 0 Å². The number of rotatable bonds is 3. The number of para-hydroxylation sites is 1. The largest absolute Gasteiger partial charge is 0.458 e. The van der Waals surface area contributed by atoms with Crippen molar-refractivity contribution in [2.45, 2.75) is 19.4 Å². The molecule has 18 heavy (non-hydrogen) atoms. The van der Waals surface area contributed by atoms with Crippen LogP contribution in [0, 0.1) is 5.92 Å². The molecule has 0 aliphatic carbocycles. The van der Waals surface area contributed by atoms with Crippen molar-refractivity contribution < 1.29 is 9.52 Å². The minimum absolute atomic E-state index is 0.525. The van der Waals surface area contributed by atoms with Gasteiger partial charge in [-0.15, -0.1) is 0 Å². The predicted octanol–water partition coefficient (Wildman–Crippen LogP) is 2.81. The third kappa shape index (κ3) is 2.28. The highest BCUT2D eigenvalue weighted by molar-refractivity contribution is 5.77. The third-order valence-corrected chi connectivity index (χ3v) is 3.71. The predicted molar refractivity (Wildman–Crippen MR) is 71.4 cm³/mol. The molecule has 3 nitrogen and oxygen atoms in total. The van der Waals surface area contributed by atoms with Crippen molar-refractivity contribution in [1.29, 1.82) is 0 Å². The summed E-state index contributed by atoms with van der Waals surface area (Å²) in [6.45, 7) is 5.09. The van der Waals surface area contributed by atoms with Crippen LogP contribution in [0.4, 0.5) is 0 Å². The smallest absolute Gasteiger partial charge is 0.135 e. The fourth-order valence-electron chi connectivity index (χ4n) is 2.69. The van der Waals surface area contributed by atoms with Gasteiger partial charge >= 0.3 is 0 Å². The quantitative estimate of drug-likeness (QED) is 0.903. The van der Waals surface area contributed by atoms with Crippen LogP contribution in [0.2, 0.25) is 0 Å². The molecule has 0 spiro atoms. The highest BCUT2D eigenvalue weighted by Crippen LogP contribution is 2.25. The van der Waals surface area contributed by atoms with Crippen LogP contribution in [-0.2, 0) is 0 Å². The first-order valence-corrected chi connectivity index (χ1v) is 6.61. The van der Waals surface area contributed by atoms with Crippen LogP contribution in [0.1, 0.15) is 25.2 Å². The van der Waals surface area contributed by atoms with Crippen LogP contribution < -0.4 is 0 Å².